The third-order valence-corrected chi connectivity index (χ3v) is 6.35. The van der Waals surface area contributed by atoms with Crippen molar-refractivity contribution in [2.24, 2.45) is 0 Å². The fraction of sp³-hybridized carbons (Fsp3) is 0.154. The SMILES string of the molecule is COc1cc(Nc2c(C#N)cnc3cc4cc(OCCn5nccn5)c(OC)cc4cc23)c(Cl)cc1Cl. The molecule has 0 aliphatic carbocycles. The number of aromatic nitrogens is 4. The van der Waals surface area contributed by atoms with E-state index < -0.39 is 0 Å². The molecule has 2 heterocycles. The molecule has 0 amide bonds. The van der Waals surface area contributed by atoms with Crippen molar-refractivity contribution in [3.63, 3.8) is 0 Å². The Kier molecular flexibility index (Phi) is 6.86. The summed E-state index contributed by atoms with van der Waals surface area (Å²) in [6, 6.07) is 13.1. The lowest BCUT2D eigenvalue weighted by Crippen LogP contribution is -2.11. The van der Waals surface area contributed by atoms with Crippen LogP contribution in [-0.4, -0.2) is 40.8 Å². The molecule has 1 N–H and O–H groups in total. The monoisotopic (exact) mass is 534 g/mol. The van der Waals surface area contributed by atoms with Crippen LogP contribution in [0.25, 0.3) is 21.7 Å². The van der Waals surface area contributed by atoms with Gasteiger partial charge in [0.25, 0.3) is 0 Å². The third-order valence-electron chi connectivity index (χ3n) is 5.75. The second-order valence-corrected chi connectivity index (χ2v) is 8.76. The summed E-state index contributed by atoms with van der Waals surface area (Å²) in [6.07, 6.45) is 4.76. The lowest BCUT2D eigenvalue weighted by molar-refractivity contribution is 0.267. The normalized spacial score (nSPS) is 10.9. The Morgan fingerprint density at radius 2 is 1.65 bits per heavy atom. The average Bonchev–Trinajstić information content (AvgIpc) is 3.42. The zero-order valence-electron chi connectivity index (χ0n) is 19.8. The molecule has 0 aliphatic heterocycles. The largest absolute Gasteiger partial charge is 0.495 e. The highest BCUT2D eigenvalue weighted by Crippen LogP contribution is 2.40. The van der Waals surface area contributed by atoms with Gasteiger partial charge < -0.3 is 19.5 Å². The van der Waals surface area contributed by atoms with Crippen LogP contribution >= 0.6 is 23.2 Å². The van der Waals surface area contributed by atoms with Gasteiger partial charge in [-0.2, -0.15) is 20.3 Å². The first-order valence-corrected chi connectivity index (χ1v) is 11.9. The lowest BCUT2D eigenvalue weighted by Gasteiger charge is -2.16. The van der Waals surface area contributed by atoms with E-state index in [-0.39, 0.29) is 0 Å². The molecule has 0 fully saturated rings. The molecular formula is C26H20Cl2N6O3. The molecule has 0 aliphatic rings. The Labute approximate surface area is 222 Å². The van der Waals surface area contributed by atoms with Gasteiger partial charge in [0, 0.05) is 17.6 Å². The number of nitriles is 1. The van der Waals surface area contributed by atoms with Crippen LogP contribution in [0.2, 0.25) is 10.0 Å². The van der Waals surface area contributed by atoms with Crippen LogP contribution < -0.4 is 19.5 Å². The quantitative estimate of drug-likeness (QED) is 0.241. The second kappa shape index (κ2) is 10.4. The number of halogens is 2. The predicted molar refractivity (Wildman–Crippen MR) is 142 cm³/mol. The first-order chi connectivity index (χ1) is 18.0. The molecule has 2 aromatic heterocycles. The number of fused-ring (bicyclic) bond motifs is 2. The maximum absolute atomic E-state index is 9.80. The van der Waals surface area contributed by atoms with Gasteiger partial charge >= 0.3 is 0 Å². The molecule has 0 atom stereocenters. The van der Waals surface area contributed by atoms with Crippen LogP contribution in [0.1, 0.15) is 5.56 Å². The smallest absolute Gasteiger partial charge is 0.161 e. The van der Waals surface area contributed by atoms with Crippen molar-refractivity contribution >= 4 is 56.3 Å². The minimum absolute atomic E-state index is 0.357. The number of nitrogens with zero attached hydrogens (tertiary/aromatic N) is 5. The molecule has 11 heteroatoms. The van der Waals surface area contributed by atoms with Crippen LogP contribution in [0.15, 0.2) is 55.0 Å². The van der Waals surface area contributed by atoms with Gasteiger partial charge in [-0.15, -0.1) is 0 Å². The number of anilines is 2. The molecule has 186 valence electrons. The molecule has 3 aromatic carbocycles. The summed E-state index contributed by atoms with van der Waals surface area (Å²) in [7, 11) is 3.11. The highest BCUT2D eigenvalue weighted by atomic mass is 35.5. The number of hydrogen-bond donors (Lipinski definition) is 1. The molecule has 0 saturated heterocycles. The van der Waals surface area contributed by atoms with Gasteiger partial charge in [-0.25, -0.2) is 0 Å². The summed E-state index contributed by atoms with van der Waals surface area (Å²) >= 11 is 12.6. The second-order valence-electron chi connectivity index (χ2n) is 7.94. The van der Waals surface area contributed by atoms with E-state index in [0.29, 0.717) is 62.9 Å². The van der Waals surface area contributed by atoms with E-state index in [4.69, 9.17) is 37.4 Å². The van der Waals surface area contributed by atoms with Crippen molar-refractivity contribution in [2.45, 2.75) is 6.54 Å². The van der Waals surface area contributed by atoms with Crippen LogP contribution in [0, 0.1) is 11.3 Å². The minimum atomic E-state index is 0.357. The fourth-order valence-corrected chi connectivity index (χ4v) is 4.46. The maximum atomic E-state index is 9.80. The molecule has 0 radical (unpaired) electrons. The van der Waals surface area contributed by atoms with Crippen molar-refractivity contribution in [1.82, 2.24) is 20.0 Å². The van der Waals surface area contributed by atoms with Crippen LogP contribution in [-0.2, 0) is 6.54 Å². The molecule has 0 saturated carbocycles. The zero-order chi connectivity index (χ0) is 25.9. The van der Waals surface area contributed by atoms with Gasteiger partial charge in [0.05, 0.1) is 65.7 Å². The zero-order valence-corrected chi connectivity index (χ0v) is 21.3. The molecule has 5 rings (SSSR count). The molecule has 0 unspecified atom stereocenters. The van der Waals surface area contributed by atoms with Crippen molar-refractivity contribution < 1.29 is 14.2 Å². The summed E-state index contributed by atoms with van der Waals surface area (Å²) in [5.74, 6) is 1.62. The van der Waals surface area contributed by atoms with Gasteiger partial charge in [0.15, 0.2) is 11.5 Å². The van der Waals surface area contributed by atoms with Gasteiger partial charge in [0.1, 0.15) is 18.4 Å². The standard InChI is InChI=1S/C26H20Cl2N6O3/c1-35-23-12-22(19(27)11-20(23)28)33-26-17(13-29)14-30-21-8-16-10-25(37-6-5-34-31-3-4-32-34)24(36-2)9-15(16)7-18(21)26/h3-4,7-12,14H,5-6H2,1-2H3,(H,30,33). The van der Waals surface area contributed by atoms with Gasteiger partial charge in [-0.3, -0.25) is 4.98 Å². The lowest BCUT2D eigenvalue weighted by atomic mass is 10.0. The minimum Gasteiger partial charge on any atom is -0.495 e. The number of ether oxygens (including phenoxy) is 3. The summed E-state index contributed by atoms with van der Waals surface area (Å²) < 4.78 is 16.9. The summed E-state index contributed by atoms with van der Waals surface area (Å²) in [6.45, 7) is 0.866. The summed E-state index contributed by atoms with van der Waals surface area (Å²) in [5.41, 5.74) is 2.14. The third kappa shape index (κ3) is 4.89. The molecule has 37 heavy (non-hydrogen) atoms. The highest BCUT2D eigenvalue weighted by molar-refractivity contribution is 6.37. The van der Waals surface area contributed by atoms with Crippen LogP contribution in [0.3, 0.4) is 0 Å². The number of pyridine rings is 1. The van der Waals surface area contributed by atoms with Crippen molar-refractivity contribution in [3.8, 4) is 23.3 Å². The van der Waals surface area contributed by atoms with Crippen LogP contribution in [0.4, 0.5) is 11.4 Å². The maximum Gasteiger partial charge on any atom is 0.161 e. The van der Waals surface area contributed by atoms with E-state index >= 15 is 0 Å². The highest BCUT2D eigenvalue weighted by Gasteiger charge is 2.16. The first kappa shape index (κ1) is 24.4. The Balaban J connectivity index is 1.56. The summed E-state index contributed by atoms with van der Waals surface area (Å²) in [5, 5.41) is 24.5. The molecule has 5 aromatic rings. The Morgan fingerprint density at radius 1 is 0.919 bits per heavy atom. The summed E-state index contributed by atoms with van der Waals surface area (Å²) in [4.78, 5) is 6.06. The van der Waals surface area contributed by atoms with E-state index in [1.165, 1.54) is 13.3 Å². The molecular weight excluding hydrogens is 515 g/mol. The number of rotatable bonds is 8. The first-order valence-electron chi connectivity index (χ1n) is 11.1. The van der Waals surface area contributed by atoms with E-state index in [1.807, 2.05) is 24.3 Å². The van der Waals surface area contributed by atoms with E-state index in [1.54, 1.807) is 36.4 Å². The van der Waals surface area contributed by atoms with Gasteiger partial charge in [-0.05, 0) is 41.1 Å². The fourth-order valence-electron chi connectivity index (χ4n) is 3.95. The molecule has 0 spiro atoms. The molecule has 9 nitrogen and oxygen atoms in total. The topological polar surface area (TPSA) is 107 Å². The van der Waals surface area contributed by atoms with E-state index in [0.717, 1.165) is 16.2 Å². The Hall–Kier alpha value is -4.26. The number of methoxy groups -OCH3 is 2. The van der Waals surface area contributed by atoms with Crippen molar-refractivity contribution in [1.29, 1.82) is 5.26 Å². The van der Waals surface area contributed by atoms with Crippen molar-refractivity contribution in [3.05, 3.63) is 70.6 Å². The number of nitrogens with one attached hydrogen (secondary N) is 1. The number of hydrogen-bond acceptors (Lipinski definition) is 8. The Bertz CT molecular complexity index is 1650. The van der Waals surface area contributed by atoms with E-state index in [2.05, 4.69) is 26.6 Å². The predicted octanol–water partition coefficient (Wildman–Crippen LogP) is 6.00. The van der Waals surface area contributed by atoms with Crippen molar-refractivity contribution in [2.75, 3.05) is 26.1 Å². The van der Waals surface area contributed by atoms with E-state index in [9.17, 15) is 5.26 Å². The van der Waals surface area contributed by atoms with Crippen LogP contribution in [0.5, 0.6) is 17.2 Å². The molecule has 0 bridgehead atoms. The number of benzene rings is 3. The average molecular weight is 535 g/mol. The Morgan fingerprint density at radius 3 is 2.38 bits per heavy atom. The van der Waals surface area contributed by atoms with Gasteiger partial charge in [-0.1, -0.05) is 23.2 Å². The van der Waals surface area contributed by atoms with Gasteiger partial charge in [0.2, 0.25) is 0 Å².